The number of hydrogen-bond donors (Lipinski definition) is 0. The molecule has 0 aliphatic heterocycles. The molecule has 0 spiro atoms. The molecule has 3 nitrogen and oxygen atoms in total. The molecule has 0 heterocycles. The number of nitrogens with zero attached hydrogens (tertiary/aromatic N) is 2. The summed E-state index contributed by atoms with van der Waals surface area (Å²) in [6.07, 6.45) is 1.86. The standard InChI is InChI=1S/C17H20N2O/c1-4-20-17-11-5-14(6-12-17)13-18-15-7-9-16(10-8-15)19(2)3/h5-13H,4H2,1-3H3. The van der Waals surface area contributed by atoms with Gasteiger partial charge < -0.3 is 9.64 Å². The Bertz CT molecular complexity index is 557. The first kappa shape index (κ1) is 14.1. The predicted octanol–water partition coefficient (Wildman–Crippen LogP) is 3.90. The van der Waals surface area contributed by atoms with Crippen LogP contribution in [0.2, 0.25) is 0 Å². The van der Waals surface area contributed by atoms with E-state index in [0.29, 0.717) is 6.61 Å². The van der Waals surface area contributed by atoms with E-state index in [0.717, 1.165) is 17.0 Å². The third-order valence-corrected chi connectivity index (χ3v) is 2.92. The van der Waals surface area contributed by atoms with Gasteiger partial charge in [-0.25, -0.2) is 0 Å². The minimum atomic E-state index is 0.686. The highest BCUT2D eigenvalue weighted by molar-refractivity contribution is 5.82. The van der Waals surface area contributed by atoms with Crippen molar-refractivity contribution in [3.8, 4) is 5.75 Å². The van der Waals surface area contributed by atoms with Crippen LogP contribution in [0.1, 0.15) is 12.5 Å². The van der Waals surface area contributed by atoms with Gasteiger partial charge in [0.1, 0.15) is 5.75 Å². The molecule has 20 heavy (non-hydrogen) atoms. The fourth-order valence-corrected chi connectivity index (χ4v) is 1.80. The Morgan fingerprint density at radius 3 is 2.20 bits per heavy atom. The van der Waals surface area contributed by atoms with Gasteiger partial charge in [0.15, 0.2) is 0 Å². The van der Waals surface area contributed by atoms with Crippen molar-refractivity contribution in [2.45, 2.75) is 6.92 Å². The van der Waals surface area contributed by atoms with Crippen LogP contribution in [-0.4, -0.2) is 26.9 Å². The summed E-state index contributed by atoms with van der Waals surface area (Å²) in [6.45, 7) is 2.67. The van der Waals surface area contributed by atoms with E-state index in [1.165, 1.54) is 5.69 Å². The molecular formula is C17H20N2O. The Labute approximate surface area is 120 Å². The number of ether oxygens (including phenoxy) is 1. The zero-order valence-electron chi connectivity index (χ0n) is 12.2. The Balaban J connectivity index is 2.04. The molecule has 0 bridgehead atoms. The van der Waals surface area contributed by atoms with Crippen molar-refractivity contribution < 1.29 is 4.74 Å². The van der Waals surface area contributed by atoms with Crippen molar-refractivity contribution in [3.63, 3.8) is 0 Å². The molecule has 0 atom stereocenters. The molecule has 0 fully saturated rings. The predicted molar refractivity (Wildman–Crippen MR) is 85.6 cm³/mol. The van der Waals surface area contributed by atoms with Crippen LogP contribution in [0.25, 0.3) is 0 Å². The summed E-state index contributed by atoms with van der Waals surface area (Å²) in [7, 11) is 4.05. The highest BCUT2D eigenvalue weighted by Crippen LogP contribution is 2.18. The quantitative estimate of drug-likeness (QED) is 0.768. The maximum Gasteiger partial charge on any atom is 0.119 e. The molecule has 0 aliphatic rings. The van der Waals surface area contributed by atoms with Gasteiger partial charge in [0.25, 0.3) is 0 Å². The summed E-state index contributed by atoms with van der Waals surface area (Å²) in [5, 5.41) is 0. The maximum atomic E-state index is 5.41. The van der Waals surface area contributed by atoms with Gasteiger partial charge in [-0.05, 0) is 61.0 Å². The summed E-state index contributed by atoms with van der Waals surface area (Å²) in [6, 6.07) is 16.1. The van der Waals surface area contributed by atoms with Crippen molar-refractivity contribution in [3.05, 3.63) is 54.1 Å². The lowest BCUT2D eigenvalue weighted by molar-refractivity contribution is 0.340. The molecular weight excluding hydrogens is 248 g/mol. The van der Waals surface area contributed by atoms with E-state index in [2.05, 4.69) is 22.0 Å². The van der Waals surface area contributed by atoms with Gasteiger partial charge in [0.2, 0.25) is 0 Å². The minimum absolute atomic E-state index is 0.686. The van der Waals surface area contributed by atoms with Crippen molar-refractivity contribution in [1.82, 2.24) is 0 Å². The zero-order chi connectivity index (χ0) is 14.4. The van der Waals surface area contributed by atoms with E-state index in [1.54, 1.807) is 0 Å². The molecule has 0 aliphatic carbocycles. The van der Waals surface area contributed by atoms with Gasteiger partial charge in [-0.1, -0.05) is 0 Å². The van der Waals surface area contributed by atoms with E-state index < -0.39 is 0 Å². The number of anilines is 1. The topological polar surface area (TPSA) is 24.8 Å². The first-order valence-electron chi connectivity index (χ1n) is 6.73. The van der Waals surface area contributed by atoms with Gasteiger partial charge in [0.05, 0.1) is 12.3 Å². The highest BCUT2D eigenvalue weighted by atomic mass is 16.5. The Hall–Kier alpha value is -2.29. The maximum absolute atomic E-state index is 5.41. The molecule has 0 unspecified atom stereocenters. The van der Waals surface area contributed by atoms with Crippen LogP contribution >= 0.6 is 0 Å². The highest BCUT2D eigenvalue weighted by Gasteiger charge is 1.95. The smallest absolute Gasteiger partial charge is 0.119 e. The monoisotopic (exact) mass is 268 g/mol. The van der Waals surface area contributed by atoms with Crippen LogP contribution in [0.15, 0.2) is 53.5 Å². The molecule has 3 heteroatoms. The van der Waals surface area contributed by atoms with Crippen molar-refractivity contribution >= 4 is 17.6 Å². The summed E-state index contributed by atoms with van der Waals surface area (Å²) in [5.41, 5.74) is 3.18. The second-order valence-electron chi connectivity index (χ2n) is 4.67. The van der Waals surface area contributed by atoms with Crippen molar-refractivity contribution in [1.29, 1.82) is 0 Å². The van der Waals surface area contributed by atoms with Gasteiger partial charge in [-0.2, -0.15) is 0 Å². The summed E-state index contributed by atoms with van der Waals surface area (Å²) < 4.78 is 5.41. The van der Waals surface area contributed by atoms with Crippen molar-refractivity contribution in [2.24, 2.45) is 4.99 Å². The van der Waals surface area contributed by atoms with Crippen LogP contribution < -0.4 is 9.64 Å². The molecule has 0 N–H and O–H groups in total. The van der Waals surface area contributed by atoms with Crippen LogP contribution in [0.4, 0.5) is 11.4 Å². The molecule has 0 amide bonds. The minimum Gasteiger partial charge on any atom is -0.494 e. The Morgan fingerprint density at radius 2 is 1.65 bits per heavy atom. The van der Waals surface area contributed by atoms with Gasteiger partial charge in [-0.15, -0.1) is 0 Å². The lowest BCUT2D eigenvalue weighted by Gasteiger charge is -2.11. The molecule has 0 saturated carbocycles. The number of hydrogen-bond acceptors (Lipinski definition) is 3. The Kier molecular flexibility index (Phi) is 4.77. The fraction of sp³-hybridized carbons (Fsp3) is 0.235. The van der Waals surface area contributed by atoms with Crippen molar-refractivity contribution in [2.75, 3.05) is 25.6 Å². The number of rotatable bonds is 5. The first-order valence-corrected chi connectivity index (χ1v) is 6.73. The lowest BCUT2D eigenvalue weighted by Crippen LogP contribution is -2.07. The zero-order valence-corrected chi connectivity index (χ0v) is 12.2. The summed E-state index contributed by atoms with van der Waals surface area (Å²) >= 11 is 0. The molecule has 2 aromatic carbocycles. The number of benzene rings is 2. The summed E-state index contributed by atoms with van der Waals surface area (Å²) in [5.74, 6) is 0.889. The number of aliphatic imine (C=N–C) groups is 1. The molecule has 2 rings (SSSR count). The summed E-state index contributed by atoms with van der Waals surface area (Å²) in [4.78, 5) is 6.54. The Morgan fingerprint density at radius 1 is 1.00 bits per heavy atom. The average molecular weight is 268 g/mol. The largest absolute Gasteiger partial charge is 0.494 e. The van der Waals surface area contributed by atoms with E-state index >= 15 is 0 Å². The van der Waals surface area contributed by atoms with Crippen LogP contribution in [0.3, 0.4) is 0 Å². The molecule has 0 radical (unpaired) electrons. The molecule has 0 aromatic heterocycles. The molecule has 104 valence electrons. The fourth-order valence-electron chi connectivity index (χ4n) is 1.80. The van der Waals surface area contributed by atoms with Gasteiger partial charge >= 0.3 is 0 Å². The normalized spacial score (nSPS) is 10.8. The third-order valence-electron chi connectivity index (χ3n) is 2.92. The van der Waals surface area contributed by atoms with E-state index in [-0.39, 0.29) is 0 Å². The second-order valence-corrected chi connectivity index (χ2v) is 4.67. The molecule has 0 saturated heterocycles. The molecule has 2 aromatic rings. The lowest BCUT2D eigenvalue weighted by atomic mass is 10.2. The van der Waals surface area contributed by atoms with Gasteiger partial charge in [0, 0.05) is 26.0 Å². The van der Waals surface area contributed by atoms with E-state index in [9.17, 15) is 0 Å². The van der Waals surface area contributed by atoms with Crippen LogP contribution in [0.5, 0.6) is 5.75 Å². The van der Waals surface area contributed by atoms with Crippen LogP contribution in [-0.2, 0) is 0 Å². The SMILES string of the molecule is CCOc1ccc(C=Nc2ccc(N(C)C)cc2)cc1. The second kappa shape index (κ2) is 6.75. The average Bonchev–Trinajstić information content (AvgIpc) is 2.47. The van der Waals surface area contributed by atoms with Crippen LogP contribution in [0, 0.1) is 0 Å². The first-order chi connectivity index (χ1) is 9.69. The van der Waals surface area contributed by atoms with E-state index in [1.807, 2.05) is 63.6 Å². The van der Waals surface area contributed by atoms with E-state index in [4.69, 9.17) is 4.74 Å². The third kappa shape index (κ3) is 3.85. The van der Waals surface area contributed by atoms with Gasteiger partial charge in [-0.3, -0.25) is 4.99 Å².